The van der Waals surface area contributed by atoms with Crippen molar-refractivity contribution in [2.75, 3.05) is 12.4 Å². The van der Waals surface area contributed by atoms with Crippen LogP contribution in [0, 0.1) is 5.92 Å². The van der Waals surface area contributed by atoms with E-state index in [1.54, 1.807) is 24.3 Å². The Hall–Kier alpha value is -4.87. The summed E-state index contributed by atoms with van der Waals surface area (Å²) < 4.78 is 5.61. The molecule has 0 radical (unpaired) electrons. The van der Waals surface area contributed by atoms with Gasteiger partial charge in [-0.1, -0.05) is 31.2 Å². The number of aliphatic carboxylic acids is 1. The van der Waals surface area contributed by atoms with E-state index >= 15 is 0 Å². The molecule has 11 nitrogen and oxygen atoms in total. The summed E-state index contributed by atoms with van der Waals surface area (Å²) in [5.74, 6) is -7.65. The number of carboxylic acids is 1. The van der Waals surface area contributed by atoms with Gasteiger partial charge in [0, 0.05) is 11.5 Å². The molecule has 0 amide bonds. The molecule has 208 valence electrons. The summed E-state index contributed by atoms with van der Waals surface area (Å²) in [5.41, 5.74) is -5.90. The van der Waals surface area contributed by atoms with E-state index in [4.69, 9.17) is 4.74 Å². The Kier molecular flexibility index (Phi) is 4.69. The van der Waals surface area contributed by atoms with Crippen molar-refractivity contribution < 1.29 is 49.8 Å². The summed E-state index contributed by atoms with van der Waals surface area (Å²) in [6.07, 6.45) is 0. The van der Waals surface area contributed by atoms with Gasteiger partial charge in [-0.15, -0.1) is 0 Å². The van der Waals surface area contributed by atoms with Crippen molar-refractivity contribution in [1.82, 2.24) is 0 Å². The van der Waals surface area contributed by atoms with Gasteiger partial charge in [-0.25, -0.2) is 4.79 Å². The van der Waals surface area contributed by atoms with E-state index in [1.807, 2.05) is 0 Å². The van der Waals surface area contributed by atoms with E-state index < -0.39 is 80.6 Å². The summed E-state index contributed by atoms with van der Waals surface area (Å²) in [4.78, 5) is 40.0. The van der Waals surface area contributed by atoms with Gasteiger partial charge in [0.25, 0.3) is 0 Å². The fourth-order valence-corrected chi connectivity index (χ4v) is 7.54. The van der Waals surface area contributed by atoms with Crippen molar-refractivity contribution in [3.05, 3.63) is 92.7 Å². The fraction of sp³-hybridized carbons (Fsp3) is 0.233. The zero-order valence-corrected chi connectivity index (χ0v) is 21.6. The zero-order chi connectivity index (χ0) is 29.3. The molecule has 4 aliphatic rings. The topological polar surface area (TPSA) is 194 Å². The van der Waals surface area contributed by atoms with Crippen LogP contribution in [0.4, 0.5) is 5.69 Å². The molecule has 41 heavy (non-hydrogen) atoms. The number of aliphatic hydroxyl groups is 2. The van der Waals surface area contributed by atoms with Gasteiger partial charge in [0.1, 0.15) is 34.2 Å². The fourth-order valence-electron chi connectivity index (χ4n) is 7.54. The minimum atomic E-state index is -2.37. The molecule has 4 bridgehead atoms. The number of ketones is 2. The monoisotopic (exact) mass is 557 g/mol. The van der Waals surface area contributed by atoms with Gasteiger partial charge in [0.2, 0.25) is 11.6 Å². The second kappa shape index (κ2) is 7.65. The maximum atomic E-state index is 13.9. The largest absolute Gasteiger partial charge is 0.507 e. The van der Waals surface area contributed by atoms with Crippen molar-refractivity contribution >= 4 is 23.2 Å². The number of anilines is 1. The van der Waals surface area contributed by atoms with E-state index in [9.17, 15) is 45.0 Å². The van der Waals surface area contributed by atoms with Crippen molar-refractivity contribution in [3.8, 4) is 17.2 Å². The van der Waals surface area contributed by atoms with Crippen molar-refractivity contribution in [2.45, 2.75) is 30.1 Å². The minimum Gasteiger partial charge on any atom is -0.507 e. The van der Waals surface area contributed by atoms with Gasteiger partial charge in [-0.3, -0.25) is 9.59 Å². The number of methoxy groups -OCH3 is 1. The van der Waals surface area contributed by atoms with E-state index in [1.165, 1.54) is 14.0 Å². The highest BCUT2D eigenvalue weighted by molar-refractivity contribution is 6.33. The van der Waals surface area contributed by atoms with Gasteiger partial charge in [-0.2, -0.15) is 0 Å². The second-order valence-corrected chi connectivity index (χ2v) is 10.8. The molecule has 1 heterocycles. The van der Waals surface area contributed by atoms with E-state index in [2.05, 4.69) is 5.32 Å². The standard InChI is InChI=1S/C30H23NO10/c1-10-17(28(37)38)26(41-2)22-11-5-3-4-6-12(11)27-29(10,39)30(22,40)13-9-16(34)20-21(23(13)31-27)25(36)19-15(33)8-7-14(32)18(19)24(20)35/h3-10,22,27,31-34,39-40H,1-2H3,(H,37,38)/t10-,22+,27-,29-,30-/m0/s1. The predicted octanol–water partition coefficient (Wildman–Crippen LogP) is 2.40. The minimum absolute atomic E-state index is 0.0809. The third-order valence-electron chi connectivity index (χ3n) is 9.23. The summed E-state index contributed by atoms with van der Waals surface area (Å²) in [7, 11) is 1.26. The van der Waals surface area contributed by atoms with E-state index in [0.717, 1.165) is 18.2 Å². The highest BCUT2D eigenvalue weighted by Gasteiger charge is 2.73. The third-order valence-corrected chi connectivity index (χ3v) is 9.23. The zero-order valence-electron chi connectivity index (χ0n) is 21.6. The lowest BCUT2D eigenvalue weighted by atomic mass is 9.48. The number of rotatable bonds is 2. The third kappa shape index (κ3) is 2.59. The molecule has 0 aromatic heterocycles. The summed E-state index contributed by atoms with van der Waals surface area (Å²) in [6, 6.07) is 8.74. The Morgan fingerprint density at radius 2 is 1.44 bits per heavy atom. The quantitative estimate of drug-likeness (QED) is 0.179. The lowest BCUT2D eigenvalue weighted by Gasteiger charge is -2.63. The van der Waals surface area contributed by atoms with Gasteiger partial charge in [0.05, 0.1) is 52.6 Å². The normalized spacial score (nSPS) is 28.6. The summed E-state index contributed by atoms with van der Waals surface area (Å²) in [5, 5.41) is 70.7. The molecule has 7 N–H and O–H groups in total. The maximum Gasteiger partial charge on any atom is 0.335 e. The van der Waals surface area contributed by atoms with Crippen LogP contribution in [0.25, 0.3) is 0 Å². The number of carbonyl (C=O) groups excluding carboxylic acids is 2. The average Bonchev–Trinajstić information content (AvgIpc) is 2.93. The number of nitrogens with one attached hydrogen (secondary N) is 1. The van der Waals surface area contributed by atoms with E-state index in [0.29, 0.717) is 11.1 Å². The smallest absolute Gasteiger partial charge is 0.335 e. The molecule has 0 spiro atoms. The molecule has 0 fully saturated rings. The maximum absolute atomic E-state index is 13.9. The molecular formula is C30H23NO10. The first kappa shape index (κ1) is 25.1. The van der Waals surface area contributed by atoms with Crippen LogP contribution >= 0.6 is 0 Å². The van der Waals surface area contributed by atoms with Gasteiger partial charge in [-0.05, 0) is 29.3 Å². The molecule has 3 aromatic rings. The Balaban J connectivity index is 1.62. The van der Waals surface area contributed by atoms with Crippen LogP contribution in [0.2, 0.25) is 0 Å². The molecule has 0 saturated heterocycles. The lowest BCUT2D eigenvalue weighted by molar-refractivity contribution is -0.221. The molecule has 11 heteroatoms. The number of phenols is 3. The Bertz CT molecular complexity index is 1830. The number of hydrogen-bond donors (Lipinski definition) is 7. The van der Waals surface area contributed by atoms with Crippen LogP contribution in [0.5, 0.6) is 17.2 Å². The van der Waals surface area contributed by atoms with Gasteiger partial charge < -0.3 is 40.7 Å². The number of phenolic OH excluding ortho intramolecular Hbond substituents is 3. The SMILES string of the molecule is COC1=C(C(=O)O)[C@H](C)[C@]2(O)[C@H]3Nc4c(cc(O)c5c4C(=O)c4c(O)ccc(O)c4C5=O)[C@]2(O)[C@@H]1c1ccccc13. The molecule has 0 saturated carbocycles. The number of aromatic hydroxyl groups is 3. The molecule has 7 rings (SSSR count). The molecule has 5 atom stereocenters. The summed E-state index contributed by atoms with van der Waals surface area (Å²) in [6.45, 7) is 1.45. The average molecular weight is 558 g/mol. The summed E-state index contributed by atoms with van der Waals surface area (Å²) >= 11 is 0. The van der Waals surface area contributed by atoms with Crippen LogP contribution in [0.15, 0.2) is 53.8 Å². The highest BCUT2D eigenvalue weighted by Crippen LogP contribution is 2.69. The molecule has 3 aliphatic carbocycles. The van der Waals surface area contributed by atoms with Crippen LogP contribution in [0.3, 0.4) is 0 Å². The van der Waals surface area contributed by atoms with Crippen molar-refractivity contribution in [1.29, 1.82) is 0 Å². The number of fused-ring (bicyclic) bond motifs is 7. The van der Waals surface area contributed by atoms with Gasteiger partial charge >= 0.3 is 5.97 Å². The molecule has 1 aliphatic heterocycles. The number of benzene rings is 3. The van der Waals surface area contributed by atoms with Crippen LogP contribution in [-0.4, -0.2) is 60.9 Å². The second-order valence-electron chi connectivity index (χ2n) is 10.8. The molecular weight excluding hydrogens is 534 g/mol. The highest BCUT2D eigenvalue weighted by atomic mass is 16.5. The number of carboxylic acid groups (broad SMARTS) is 1. The van der Waals surface area contributed by atoms with Crippen molar-refractivity contribution in [3.63, 3.8) is 0 Å². The number of hydrogen-bond acceptors (Lipinski definition) is 10. The lowest BCUT2D eigenvalue weighted by Crippen LogP contribution is -2.71. The van der Waals surface area contributed by atoms with Crippen molar-refractivity contribution in [2.24, 2.45) is 5.92 Å². The Labute approximate surface area is 231 Å². The van der Waals surface area contributed by atoms with Gasteiger partial charge in [0.15, 0.2) is 0 Å². The molecule has 3 aromatic carbocycles. The number of ether oxygens (including phenoxy) is 1. The van der Waals surface area contributed by atoms with Crippen LogP contribution < -0.4 is 5.32 Å². The number of carbonyl (C=O) groups is 3. The predicted molar refractivity (Wildman–Crippen MR) is 140 cm³/mol. The first-order valence-corrected chi connectivity index (χ1v) is 12.8. The Morgan fingerprint density at radius 1 is 0.878 bits per heavy atom. The molecule has 0 unspecified atom stereocenters. The Morgan fingerprint density at radius 3 is 2.02 bits per heavy atom. The van der Waals surface area contributed by atoms with Crippen LogP contribution in [-0.2, 0) is 15.1 Å². The first-order valence-electron chi connectivity index (χ1n) is 12.8. The first-order chi connectivity index (χ1) is 19.4. The van der Waals surface area contributed by atoms with E-state index in [-0.39, 0.29) is 28.1 Å². The van der Waals surface area contributed by atoms with Crippen LogP contribution in [0.1, 0.15) is 67.4 Å².